The van der Waals surface area contributed by atoms with E-state index in [1.807, 2.05) is 0 Å². The van der Waals surface area contributed by atoms with E-state index in [9.17, 15) is 4.79 Å². The molecule has 0 saturated heterocycles. The topological polar surface area (TPSA) is 92.9 Å². The molecule has 4 N–H and O–H groups in total. The lowest BCUT2D eigenvalue weighted by Gasteiger charge is -2.28. The second-order valence-electron chi connectivity index (χ2n) is 5.06. The molecule has 0 aromatic carbocycles. The zero-order chi connectivity index (χ0) is 13.4. The lowest BCUT2D eigenvalue weighted by molar-refractivity contribution is -0.125. The van der Waals surface area contributed by atoms with E-state index in [0.717, 1.165) is 6.42 Å². The summed E-state index contributed by atoms with van der Waals surface area (Å²) in [6.45, 7) is 0. The summed E-state index contributed by atoms with van der Waals surface area (Å²) in [5.41, 5.74) is 5.57. The van der Waals surface area contributed by atoms with Crippen LogP contribution < -0.4 is 16.4 Å². The number of allylic oxidation sites excluding steroid dienone is 1. The Bertz CT molecular complexity index is 530. The Hall–Kier alpha value is -2.11. The second kappa shape index (κ2) is 4.53. The minimum Gasteiger partial charge on any atom is -0.368 e. The lowest BCUT2D eigenvalue weighted by atomic mass is 9.88. The number of nitrogens with one attached hydrogen (secondary N) is 2. The van der Waals surface area contributed by atoms with E-state index >= 15 is 0 Å². The number of nitrogen functional groups attached to an aromatic ring is 1. The van der Waals surface area contributed by atoms with Crippen molar-refractivity contribution in [3.8, 4) is 0 Å². The van der Waals surface area contributed by atoms with Gasteiger partial charge in [0.15, 0.2) is 0 Å². The molecule has 4 atom stereocenters. The monoisotopic (exact) mass is 259 g/mol. The number of carbonyl (C=O) groups is 1. The molecule has 6 nitrogen and oxygen atoms in total. The van der Waals surface area contributed by atoms with Crippen molar-refractivity contribution >= 4 is 17.7 Å². The number of hydrogen-bond donors (Lipinski definition) is 3. The third-order valence-electron chi connectivity index (χ3n) is 4.00. The zero-order valence-corrected chi connectivity index (χ0v) is 10.7. The first-order valence-electron chi connectivity index (χ1n) is 6.44. The highest BCUT2D eigenvalue weighted by Crippen LogP contribution is 2.44. The average Bonchev–Trinajstić information content (AvgIpc) is 2.99. The SMILES string of the molecule is CNC(=O)C1C2C=CC(C2)C1Nc1ccnc(N)n1. The maximum atomic E-state index is 12.0. The first-order chi connectivity index (χ1) is 9.19. The van der Waals surface area contributed by atoms with Crippen molar-refractivity contribution in [2.75, 3.05) is 18.1 Å². The molecule has 3 rings (SSSR count). The zero-order valence-electron chi connectivity index (χ0n) is 10.7. The first-order valence-corrected chi connectivity index (χ1v) is 6.44. The predicted molar refractivity (Wildman–Crippen MR) is 72.1 cm³/mol. The van der Waals surface area contributed by atoms with Gasteiger partial charge in [0.25, 0.3) is 0 Å². The van der Waals surface area contributed by atoms with Gasteiger partial charge >= 0.3 is 0 Å². The van der Waals surface area contributed by atoms with Gasteiger partial charge in [0, 0.05) is 19.3 Å². The van der Waals surface area contributed by atoms with E-state index in [2.05, 4.69) is 32.8 Å². The van der Waals surface area contributed by atoms with E-state index < -0.39 is 0 Å². The normalized spacial score (nSPS) is 31.4. The number of amides is 1. The van der Waals surface area contributed by atoms with Crippen LogP contribution in [0.15, 0.2) is 24.4 Å². The van der Waals surface area contributed by atoms with E-state index in [-0.39, 0.29) is 23.8 Å². The molecule has 100 valence electrons. The highest BCUT2D eigenvalue weighted by atomic mass is 16.1. The highest BCUT2D eigenvalue weighted by Gasteiger charge is 2.48. The molecule has 1 amide bonds. The van der Waals surface area contributed by atoms with Crippen molar-refractivity contribution < 1.29 is 4.79 Å². The Morgan fingerprint density at radius 1 is 1.42 bits per heavy atom. The molecule has 1 aromatic heterocycles. The molecule has 6 heteroatoms. The molecule has 2 bridgehead atoms. The number of hydrogen-bond acceptors (Lipinski definition) is 5. The fraction of sp³-hybridized carbons (Fsp3) is 0.462. The molecule has 0 aliphatic heterocycles. The molecular formula is C13H17N5O. The lowest BCUT2D eigenvalue weighted by Crippen LogP contribution is -2.42. The molecule has 1 saturated carbocycles. The smallest absolute Gasteiger partial charge is 0.225 e. The maximum absolute atomic E-state index is 12.0. The molecular weight excluding hydrogens is 242 g/mol. The Morgan fingerprint density at radius 3 is 2.95 bits per heavy atom. The summed E-state index contributed by atoms with van der Waals surface area (Å²) in [6.07, 6.45) is 6.97. The van der Waals surface area contributed by atoms with Crippen molar-refractivity contribution in [3.63, 3.8) is 0 Å². The van der Waals surface area contributed by atoms with E-state index in [1.165, 1.54) is 0 Å². The van der Waals surface area contributed by atoms with E-state index in [0.29, 0.717) is 17.7 Å². The van der Waals surface area contributed by atoms with Crippen molar-refractivity contribution in [3.05, 3.63) is 24.4 Å². The quantitative estimate of drug-likeness (QED) is 0.684. The fourth-order valence-electron chi connectivity index (χ4n) is 3.17. The summed E-state index contributed by atoms with van der Waals surface area (Å²) in [6, 6.07) is 1.84. The van der Waals surface area contributed by atoms with Gasteiger partial charge in [-0.1, -0.05) is 12.2 Å². The van der Waals surface area contributed by atoms with Gasteiger partial charge in [0.2, 0.25) is 11.9 Å². The molecule has 2 aliphatic rings. The number of carbonyl (C=O) groups excluding carboxylic acids is 1. The molecule has 1 heterocycles. The van der Waals surface area contributed by atoms with Crippen LogP contribution in [0, 0.1) is 17.8 Å². The van der Waals surface area contributed by atoms with Crippen LogP contribution in [0.2, 0.25) is 0 Å². The molecule has 0 radical (unpaired) electrons. The summed E-state index contributed by atoms with van der Waals surface area (Å²) >= 11 is 0. The summed E-state index contributed by atoms with van der Waals surface area (Å²) in [5, 5.41) is 6.08. The molecule has 2 aliphatic carbocycles. The van der Waals surface area contributed by atoms with Crippen molar-refractivity contribution in [2.45, 2.75) is 12.5 Å². The molecule has 19 heavy (non-hydrogen) atoms. The fourth-order valence-corrected chi connectivity index (χ4v) is 3.17. The van der Waals surface area contributed by atoms with Crippen LogP contribution in [0.3, 0.4) is 0 Å². The largest absolute Gasteiger partial charge is 0.368 e. The van der Waals surface area contributed by atoms with Gasteiger partial charge in [-0.3, -0.25) is 4.79 Å². The number of nitrogens with zero attached hydrogens (tertiary/aromatic N) is 2. The van der Waals surface area contributed by atoms with Gasteiger partial charge in [-0.15, -0.1) is 0 Å². The van der Waals surface area contributed by atoms with Crippen LogP contribution in [0.25, 0.3) is 0 Å². The summed E-state index contributed by atoms with van der Waals surface area (Å²) in [7, 11) is 1.68. The average molecular weight is 259 g/mol. The van der Waals surface area contributed by atoms with Crippen LogP contribution in [0.5, 0.6) is 0 Å². The predicted octanol–water partition coefficient (Wildman–Crippen LogP) is 0.407. The Kier molecular flexibility index (Phi) is 2.85. The van der Waals surface area contributed by atoms with Crippen LogP contribution >= 0.6 is 0 Å². The van der Waals surface area contributed by atoms with Crippen LogP contribution in [0.1, 0.15) is 6.42 Å². The van der Waals surface area contributed by atoms with Gasteiger partial charge in [0.05, 0.1) is 5.92 Å². The van der Waals surface area contributed by atoms with Gasteiger partial charge < -0.3 is 16.4 Å². The third kappa shape index (κ3) is 2.03. The number of anilines is 2. The van der Waals surface area contributed by atoms with Gasteiger partial charge in [-0.25, -0.2) is 4.98 Å². The molecule has 1 aromatic rings. The van der Waals surface area contributed by atoms with E-state index in [4.69, 9.17) is 5.73 Å². The van der Waals surface area contributed by atoms with Crippen LogP contribution in [0.4, 0.5) is 11.8 Å². The first kappa shape index (κ1) is 12.0. The summed E-state index contributed by atoms with van der Waals surface area (Å²) < 4.78 is 0. The van der Waals surface area contributed by atoms with Crippen molar-refractivity contribution in [2.24, 2.45) is 17.8 Å². The Balaban J connectivity index is 1.83. The van der Waals surface area contributed by atoms with Crippen LogP contribution in [-0.2, 0) is 4.79 Å². The maximum Gasteiger partial charge on any atom is 0.225 e. The molecule has 0 spiro atoms. The van der Waals surface area contributed by atoms with Crippen molar-refractivity contribution in [1.82, 2.24) is 15.3 Å². The van der Waals surface area contributed by atoms with Crippen molar-refractivity contribution in [1.29, 1.82) is 0 Å². The number of nitrogens with two attached hydrogens (primary N) is 1. The molecule has 1 fully saturated rings. The van der Waals surface area contributed by atoms with Gasteiger partial charge in [0.1, 0.15) is 5.82 Å². The minimum absolute atomic E-state index is 0.0452. The minimum atomic E-state index is -0.0452. The second-order valence-corrected chi connectivity index (χ2v) is 5.06. The number of rotatable bonds is 3. The third-order valence-corrected chi connectivity index (χ3v) is 4.00. The standard InChI is InChI=1S/C13H17N5O/c1-15-12(19)10-7-2-3-8(6-7)11(10)17-9-4-5-16-13(14)18-9/h2-5,7-8,10-11H,6H2,1H3,(H,15,19)(H3,14,16,17,18). The Labute approximate surface area is 111 Å². The summed E-state index contributed by atoms with van der Waals surface area (Å²) in [5.74, 6) is 1.64. The Morgan fingerprint density at radius 2 is 2.21 bits per heavy atom. The number of fused-ring (bicyclic) bond motifs is 2. The van der Waals surface area contributed by atoms with E-state index in [1.54, 1.807) is 19.3 Å². The van der Waals surface area contributed by atoms with Gasteiger partial charge in [-0.05, 0) is 24.3 Å². The number of aromatic nitrogens is 2. The van der Waals surface area contributed by atoms with Crippen LogP contribution in [-0.4, -0.2) is 29.0 Å². The molecule has 4 unspecified atom stereocenters. The highest BCUT2D eigenvalue weighted by molar-refractivity contribution is 5.81. The summed E-state index contributed by atoms with van der Waals surface area (Å²) in [4.78, 5) is 20.0. The van der Waals surface area contributed by atoms with Gasteiger partial charge in [-0.2, -0.15) is 4.98 Å².